The van der Waals surface area contributed by atoms with Gasteiger partial charge in [0.25, 0.3) is 0 Å². The van der Waals surface area contributed by atoms with E-state index in [-0.39, 0.29) is 12.3 Å². The zero-order valence-corrected chi connectivity index (χ0v) is 15.5. The van der Waals surface area contributed by atoms with Crippen molar-refractivity contribution in [3.63, 3.8) is 0 Å². The Hall–Kier alpha value is -1.84. The van der Waals surface area contributed by atoms with Gasteiger partial charge in [0.1, 0.15) is 12.3 Å². The van der Waals surface area contributed by atoms with Gasteiger partial charge in [0.2, 0.25) is 6.29 Å². The fraction of sp³-hybridized carbons (Fsp3) is 0.562. The molecule has 1 aliphatic heterocycles. The van der Waals surface area contributed by atoms with Gasteiger partial charge >= 0.3 is 16.3 Å². The van der Waals surface area contributed by atoms with Crippen LogP contribution in [0.25, 0.3) is 0 Å². The van der Waals surface area contributed by atoms with E-state index in [1.54, 1.807) is 19.1 Å². The lowest BCUT2D eigenvalue weighted by Gasteiger charge is -2.26. The molecule has 0 aromatic heterocycles. The van der Waals surface area contributed by atoms with Crippen LogP contribution in [0.2, 0.25) is 0 Å². The van der Waals surface area contributed by atoms with E-state index in [1.807, 2.05) is 20.8 Å². The van der Waals surface area contributed by atoms with E-state index in [4.69, 9.17) is 14.2 Å². The van der Waals surface area contributed by atoms with Crippen molar-refractivity contribution >= 4 is 22.0 Å². The highest BCUT2D eigenvalue weighted by Gasteiger charge is 2.43. The molecule has 1 aromatic carbocycles. The topological polar surface area (TPSA) is 102 Å². The average Bonchev–Trinajstić information content (AvgIpc) is 2.75. The molecule has 140 valence electrons. The van der Waals surface area contributed by atoms with Crippen LogP contribution in [-0.4, -0.2) is 45.0 Å². The number of ether oxygens (including phenoxy) is 3. The molecule has 1 atom stereocenters. The molecule has 8 nitrogen and oxygen atoms in total. The lowest BCUT2D eigenvalue weighted by Crippen LogP contribution is -2.37. The Morgan fingerprint density at radius 1 is 1.32 bits per heavy atom. The van der Waals surface area contributed by atoms with Crippen molar-refractivity contribution in [2.75, 3.05) is 24.1 Å². The molecule has 0 radical (unpaired) electrons. The Labute approximate surface area is 147 Å². The van der Waals surface area contributed by atoms with Crippen LogP contribution in [0.1, 0.15) is 33.3 Å². The van der Waals surface area contributed by atoms with Gasteiger partial charge in [-0.2, -0.15) is 8.42 Å². The number of esters is 1. The van der Waals surface area contributed by atoms with Gasteiger partial charge in [-0.15, -0.1) is 0 Å². The van der Waals surface area contributed by atoms with E-state index in [1.165, 1.54) is 6.07 Å². The maximum absolute atomic E-state index is 11.7. The number of carbonyl (C=O) groups is 1. The lowest BCUT2D eigenvalue weighted by atomic mass is 9.85. The number of fused-ring (bicyclic) bond motifs is 1. The van der Waals surface area contributed by atoms with Crippen molar-refractivity contribution in [2.24, 2.45) is 0 Å². The van der Waals surface area contributed by atoms with Gasteiger partial charge in [-0.3, -0.25) is 9.35 Å². The Balaban J connectivity index is 2.40. The number of anilines is 1. The summed E-state index contributed by atoms with van der Waals surface area (Å²) < 4.78 is 49.6. The van der Waals surface area contributed by atoms with E-state index < -0.39 is 34.5 Å². The second-order valence-corrected chi connectivity index (χ2v) is 7.43. The third-order valence-electron chi connectivity index (χ3n) is 3.94. The Bertz CT molecular complexity index is 745. The first-order chi connectivity index (χ1) is 11.6. The van der Waals surface area contributed by atoms with E-state index in [0.717, 1.165) is 5.56 Å². The summed E-state index contributed by atoms with van der Waals surface area (Å²) in [6.07, 6.45) is -0.507. The molecule has 1 aromatic rings. The molecule has 9 heteroatoms. The fourth-order valence-corrected chi connectivity index (χ4v) is 3.34. The molecule has 1 N–H and O–H groups in total. The number of hydrogen-bond donors (Lipinski definition) is 1. The van der Waals surface area contributed by atoms with E-state index in [2.05, 4.69) is 0 Å². The van der Waals surface area contributed by atoms with Crippen molar-refractivity contribution in [3.05, 3.63) is 23.8 Å². The van der Waals surface area contributed by atoms with Crippen molar-refractivity contribution < 1.29 is 32.0 Å². The van der Waals surface area contributed by atoms with Crippen LogP contribution < -0.4 is 9.04 Å². The minimum absolute atomic E-state index is 0.110. The summed E-state index contributed by atoms with van der Waals surface area (Å²) in [4.78, 5) is 11.7. The molecule has 25 heavy (non-hydrogen) atoms. The van der Waals surface area contributed by atoms with Crippen LogP contribution in [0, 0.1) is 0 Å². The zero-order chi connectivity index (χ0) is 18.8. The van der Waals surface area contributed by atoms with Gasteiger partial charge in [0.05, 0.1) is 17.7 Å². The van der Waals surface area contributed by atoms with Crippen LogP contribution in [0.15, 0.2) is 18.2 Å². The Kier molecular flexibility index (Phi) is 5.60. The van der Waals surface area contributed by atoms with Gasteiger partial charge in [0, 0.05) is 12.2 Å². The number of hydrogen-bond acceptors (Lipinski definition) is 6. The second kappa shape index (κ2) is 7.19. The maximum Gasteiger partial charge on any atom is 0.360 e. The zero-order valence-electron chi connectivity index (χ0n) is 14.7. The molecule has 0 aliphatic carbocycles. The lowest BCUT2D eigenvalue weighted by molar-refractivity contribution is -0.141. The summed E-state index contributed by atoms with van der Waals surface area (Å²) in [6.45, 7) is 7.24. The van der Waals surface area contributed by atoms with Crippen molar-refractivity contribution in [3.8, 4) is 5.75 Å². The molecule has 2 rings (SSSR count). The summed E-state index contributed by atoms with van der Waals surface area (Å²) >= 11 is 0. The smallest absolute Gasteiger partial charge is 0.360 e. The number of benzene rings is 1. The second-order valence-electron chi connectivity index (χ2n) is 6.10. The molecule has 1 unspecified atom stereocenters. The first-order valence-electron chi connectivity index (χ1n) is 7.94. The van der Waals surface area contributed by atoms with Gasteiger partial charge in [0.15, 0.2) is 0 Å². The molecular weight excluding hydrogens is 350 g/mol. The third-order valence-corrected chi connectivity index (χ3v) is 4.84. The van der Waals surface area contributed by atoms with E-state index in [9.17, 15) is 17.8 Å². The Morgan fingerprint density at radius 3 is 2.56 bits per heavy atom. The minimum atomic E-state index is -4.65. The molecule has 0 bridgehead atoms. The highest BCUT2D eigenvalue weighted by Crippen LogP contribution is 2.44. The first kappa shape index (κ1) is 19.5. The molecule has 0 fully saturated rings. The predicted octanol–water partition coefficient (Wildman–Crippen LogP) is 1.89. The standard InChI is InChI=1S/C16H23NO7S/c1-5-22-14(18)10-17(25(19,20)21)11-7-8-13-12(9-11)16(3,4)15(24-13)23-6-2/h7-9,15H,5-6,10H2,1-4H3,(H,19,20,21). The monoisotopic (exact) mass is 373 g/mol. The SMILES string of the molecule is CCOC(=O)CN(c1ccc2c(c1)C(C)(C)C(OCC)O2)S(=O)(=O)O. The number of nitrogens with zero attached hydrogens (tertiary/aromatic N) is 1. The van der Waals surface area contributed by atoms with Crippen LogP contribution in [0.4, 0.5) is 5.69 Å². The molecule has 0 amide bonds. The van der Waals surface area contributed by atoms with Crippen molar-refractivity contribution in [1.82, 2.24) is 0 Å². The molecule has 0 spiro atoms. The quantitative estimate of drug-likeness (QED) is 0.575. The number of rotatable bonds is 7. The van der Waals surface area contributed by atoms with Crippen LogP contribution in [0.3, 0.4) is 0 Å². The molecule has 1 aliphatic rings. The summed E-state index contributed by atoms with van der Waals surface area (Å²) in [5.41, 5.74) is 0.333. The molecule has 1 heterocycles. The van der Waals surface area contributed by atoms with Crippen molar-refractivity contribution in [1.29, 1.82) is 0 Å². The summed E-state index contributed by atoms with van der Waals surface area (Å²) in [7, 11) is -4.65. The molecule has 0 saturated carbocycles. The summed E-state index contributed by atoms with van der Waals surface area (Å²) in [5.74, 6) is -0.193. The molecule has 0 saturated heterocycles. The maximum atomic E-state index is 11.7. The normalized spacial score (nSPS) is 18.4. The highest BCUT2D eigenvalue weighted by molar-refractivity contribution is 7.87. The Morgan fingerprint density at radius 2 is 2.00 bits per heavy atom. The van der Waals surface area contributed by atoms with Gasteiger partial charge in [-0.25, -0.2) is 4.31 Å². The van der Waals surface area contributed by atoms with Gasteiger partial charge in [-0.05, 0) is 45.9 Å². The fourth-order valence-electron chi connectivity index (χ4n) is 2.69. The van der Waals surface area contributed by atoms with E-state index >= 15 is 0 Å². The average molecular weight is 373 g/mol. The van der Waals surface area contributed by atoms with Crippen LogP contribution >= 0.6 is 0 Å². The summed E-state index contributed by atoms with van der Waals surface area (Å²) in [5, 5.41) is 0. The van der Waals surface area contributed by atoms with Crippen LogP contribution in [-0.2, 0) is 30.0 Å². The predicted molar refractivity (Wildman–Crippen MR) is 91.0 cm³/mol. The van der Waals surface area contributed by atoms with Gasteiger partial charge < -0.3 is 14.2 Å². The highest BCUT2D eigenvalue weighted by atomic mass is 32.2. The summed E-state index contributed by atoms with van der Waals surface area (Å²) in [6, 6.07) is 4.62. The largest absolute Gasteiger partial charge is 0.465 e. The third kappa shape index (κ3) is 4.05. The minimum Gasteiger partial charge on any atom is -0.465 e. The van der Waals surface area contributed by atoms with Crippen molar-refractivity contribution in [2.45, 2.75) is 39.4 Å². The molecular formula is C16H23NO7S. The van der Waals surface area contributed by atoms with Gasteiger partial charge in [-0.1, -0.05) is 0 Å². The number of carbonyl (C=O) groups excluding carboxylic acids is 1. The first-order valence-corrected chi connectivity index (χ1v) is 9.34. The van der Waals surface area contributed by atoms with E-state index in [0.29, 0.717) is 16.7 Å². The van der Waals surface area contributed by atoms with Crippen LogP contribution in [0.5, 0.6) is 5.75 Å².